The summed E-state index contributed by atoms with van der Waals surface area (Å²) in [5, 5.41) is 0. The highest BCUT2D eigenvalue weighted by Crippen LogP contribution is 2.24. The predicted octanol–water partition coefficient (Wildman–Crippen LogP) is 0.702. The van der Waals surface area contributed by atoms with Crippen LogP contribution in [0.15, 0.2) is 11.3 Å². The molecule has 1 rings (SSSR count). The van der Waals surface area contributed by atoms with Gasteiger partial charge >= 0.3 is 5.97 Å². The van der Waals surface area contributed by atoms with E-state index in [1.54, 1.807) is 25.9 Å². The summed E-state index contributed by atoms with van der Waals surface area (Å²) in [6, 6.07) is 0. The van der Waals surface area contributed by atoms with Crippen molar-refractivity contribution in [3.63, 3.8) is 0 Å². The second-order valence-corrected chi connectivity index (χ2v) is 3.50. The van der Waals surface area contributed by atoms with E-state index in [-0.39, 0.29) is 12.3 Å². The van der Waals surface area contributed by atoms with Gasteiger partial charge in [0, 0.05) is 19.4 Å². The number of hydrogen-bond acceptors (Lipinski definition) is 4. The van der Waals surface area contributed by atoms with Crippen LogP contribution in [-0.4, -0.2) is 43.6 Å². The van der Waals surface area contributed by atoms with Crippen molar-refractivity contribution in [3.05, 3.63) is 11.3 Å². The van der Waals surface area contributed by atoms with Crippen LogP contribution in [0.25, 0.3) is 0 Å². The Labute approximate surface area is 95.0 Å². The molecule has 0 atom stereocenters. The van der Waals surface area contributed by atoms with Gasteiger partial charge in [0.05, 0.1) is 25.2 Å². The Balaban J connectivity index is 2.74. The number of nitrogens with zero attached hydrogens (tertiary/aromatic N) is 1. The lowest BCUT2D eigenvalue weighted by molar-refractivity contribution is -0.139. The average Bonchev–Trinajstić information content (AvgIpc) is 2.53. The highest BCUT2D eigenvalue weighted by atomic mass is 16.5. The van der Waals surface area contributed by atoms with E-state index in [0.29, 0.717) is 31.0 Å². The van der Waals surface area contributed by atoms with Gasteiger partial charge in [0.1, 0.15) is 0 Å². The number of esters is 1. The molecule has 0 unspecified atom stereocenters. The van der Waals surface area contributed by atoms with E-state index in [0.717, 1.165) is 0 Å². The van der Waals surface area contributed by atoms with Gasteiger partial charge < -0.3 is 14.4 Å². The van der Waals surface area contributed by atoms with Crippen LogP contribution in [-0.2, 0) is 19.1 Å². The number of allylic oxidation sites excluding steroid dienone is 1. The maximum atomic E-state index is 11.6. The van der Waals surface area contributed by atoms with E-state index in [2.05, 4.69) is 0 Å². The fourth-order valence-electron chi connectivity index (χ4n) is 1.64. The third-order valence-corrected chi connectivity index (χ3v) is 2.51. The minimum Gasteiger partial charge on any atom is -0.463 e. The first-order valence-electron chi connectivity index (χ1n) is 5.28. The number of ether oxygens (including phenoxy) is 2. The first-order valence-corrected chi connectivity index (χ1v) is 5.28. The van der Waals surface area contributed by atoms with Crippen molar-refractivity contribution in [2.24, 2.45) is 0 Å². The highest BCUT2D eigenvalue weighted by molar-refractivity contribution is 6.00. The van der Waals surface area contributed by atoms with E-state index in [1.165, 1.54) is 0 Å². The zero-order valence-electron chi connectivity index (χ0n) is 9.91. The van der Waals surface area contributed by atoms with Crippen LogP contribution < -0.4 is 0 Å². The fourth-order valence-corrected chi connectivity index (χ4v) is 1.64. The predicted molar refractivity (Wildman–Crippen MR) is 57.5 cm³/mol. The first kappa shape index (κ1) is 12.7. The Hall–Kier alpha value is -1.36. The number of methoxy groups -OCH3 is 1. The van der Waals surface area contributed by atoms with Crippen molar-refractivity contribution in [1.82, 2.24) is 4.90 Å². The molecule has 0 aromatic rings. The van der Waals surface area contributed by atoms with E-state index in [1.807, 2.05) is 0 Å². The lowest BCUT2D eigenvalue weighted by Crippen LogP contribution is -2.27. The molecular weight excluding hydrogens is 210 g/mol. The number of amides is 1. The molecule has 0 bridgehead atoms. The zero-order valence-corrected chi connectivity index (χ0v) is 9.91. The molecule has 0 aromatic carbocycles. The Kier molecular flexibility index (Phi) is 4.49. The minimum atomic E-state index is -0.395. The molecule has 1 aliphatic heterocycles. The van der Waals surface area contributed by atoms with E-state index >= 15 is 0 Å². The number of carbonyl (C=O) groups is 2. The van der Waals surface area contributed by atoms with Crippen LogP contribution in [0.3, 0.4) is 0 Å². The lowest BCUT2D eigenvalue weighted by Gasteiger charge is -2.17. The second kappa shape index (κ2) is 5.65. The Morgan fingerprint density at radius 1 is 1.50 bits per heavy atom. The molecular formula is C11H17NO4. The third kappa shape index (κ3) is 2.61. The summed E-state index contributed by atoms with van der Waals surface area (Å²) in [4.78, 5) is 24.7. The van der Waals surface area contributed by atoms with Crippen molar-refractivity contribution < 1.29 is 19.1 Å². The maximum Gasteiger partial charge on any atom is 0.336 e. The van der Waals surface area contributed by atoms with Crippen molar-refractivity contribution >= 4 is 11.9 Å². The molecule has 0 fully saturated rings. The zero-order chi connectivity index (χ0) is 12.1. The van der Waals surface area contributed by atoms with E-state index in [4.69, 9.17) is 9.47 Å². The quantitative estimate of drug-likeness (QED) is 0.649. The van der Waals surface area contributed by atoms with Crippen LogP contribution in [0.5, 0.6) is 0 Å². The summed E-state index contributed by atoms with van der Waals surface area (Å²) >= 11 is 0. The summed E-state index contributed by atoms with van der Waals surface area (Å²) in [7, 11) is 1.58. The molecule has 1 amide bonds. The molecule has 90 valence electrons. The van der Waals surface area contributed by atoms with Gasteiger partial charge in [0.15, 0.2) is 0 Å². The third-order valence-electron chi connectivity index (χ3n) is 2.51. The maximum absolute atomic E-state index is 11.6. The standard InChI is InChI=1S/C11H17NO4/c1-4-16-11(14)9-7-10(13)12(8(9)2)5-6-15-3/h4-7H2,1-3H3. The van der Waals surface area contributed by atoms with E-state index in [9.17, 15) is 9.59 Å². The number of hydrogen-bond donors (Lipinski definition) is 0. The van der Waals surface area contributed by atoms with Gasteiger partial charge in [0.25, 0.3) is 0 Å². The van der Waals surface area contributed by atoms with Crippen molar-refractivity contribution in [2.75, 3.05) is 26.9 Å². The molecule has 0 saturated heterocycles. The smallest absolute Gasteiger partial charge is 0.336 e. The van der Waals surface area contributed by atoms with Crippen LogP contribution in [0.1, 0.15) is 20.3 Å². The van der Waals surface area contributed by atoms with Crippen molar-refractivity contribution in [2.45, 2.75) is 20.3 Å². The Morgan fingerprint density at radius 2 is 2.19 bits per heavy atom. The molecule has 5 heteroatoms. The van der Waals surface area contributed by atoms with Gasteiger partial charge in [-0.15, -0.1) is 0 Å². The summed E-state index contributed by atoms with van der Waals surface area (Å²) < 4.78 is 9.80. The Morgan fingerprint density at radius 3 is 2.75 bits per heavy atom. The molecule has 0 saturated carbocycles. The number of carbonyl (C=O) groups excluding carboxylic acids is 2. The van der Waals surface area contributed by atoms with Crippen LogP contribution >= 0.6 is 0 Å². The lowest BCUT2D eigenvalue weighted by atomic mass is 10.2. The molecule has 0 spiro atoms. The van der Waals surface area contributed by atoms with Crippen molar-refractivity contribution in [1.29, 1.82) is 0 Å². The summed E-state index contributed by atoms with van der Waals surface area (Å²) in [6.07, 6.45) is 0.133. The summed E-state index contributed by atoms with van der Waals surface area (Å²) in [6.45, 7) is 4.76. The first-order chi connectivity index (χ1) is 7.61. The van der Waals surface area contributed by atoms with E-state index < -0.39 is 5.97 Å². The molecule has 0 radical (unpaired) electrons. The minimum absolute atomic E-state index is 0.0717. The highest BCUT2D eigenvalue weighted by Gasteiger charge is 2.31. The normalized spacial score (nSPS) is 15.9. The molecule has 0 N–H and O–H groups in total. The molecule has 1 aliphatic rings. The van der Waals surface area contributed by atoms with Gasteiger partial charge in [-0.25, -0.2) is 4.79 Å². The summed E-state index contributed by atoms with van der Waals surface area (Å²) in [5.74, 6) is -0.467. The largest absolute Gasteiger partial charge is 0.463 e. The van der Waals surface area contributed by atoms with Crippen LogP contribution in [0.2, 0.25) is 0 Å². The van der Waals surface area contributed by atoms with Gasteiger partial charge in [-0.2, -0.15) is 0 Å². The topological polar surface area (TPSA) is 55.8 Å². The monoisotopic (exact) mass is 227 g/mol. The molecule has 0 aromatic heterocycles. The second-order valence-electron chi connectivity index (χ2n) is 3.50. The summed E-state index contributed by atoms with van der Waals surface area (Å²) in [5.41, 5.74) is 1.14. The van der Waals surface area contributed by atoms with Crippen LogP contribution in [0, 0.1) is 0 Å². The molecule has 1 heterocycles. The molecule has 16 heavy (non-hydrogen) atoms. The Bertz CT molecular complexity index is 322. The molecule has 5 nitrogen and oxygen atoms in total. The van der Waals surface area contributed by atoms with Crippen LogP contribution in [0.4, 0.5) is 0 Å². The fraction of sp³-hybridized carbons (Fsp3) is 0.636. The van der Waals surface area contributed by atoms with Gasteiger partial charge in [-0.05, 0) is 13.8 Å². The van der Waals surface area contributed by atoms with Gasteiger partial charge in [-0.1, -0.05) is 0 Å². The molecule has 0 aliphatic carbocycles. The SMILES string of the molecule is CCOC(=O)C1=C(C)N(CCOC)C(=O)C1. The van der Waals surface area contributed by atoms with Crippen molar-refractivity contribution in [3.8, 4) is 0 Å². The average molecular weight is 227 g/mol. The van der Waals surface area contributed by atoms with Gasteiger partial charge in [-0.3, -0.25) is 4.79 Å². The van der Waals surface area contributed by atoms with Gasteiger partial charge in [0.2, 0.25) is 5.91 Å². The number of rotatable bonds is 5.